The molecule has 0 spiro atoms. The molecule has 0 aliphatic carbocycles. The maximum absolute atomic E-state index is 12.6. The smallest absolute Gasteiger partial charge is 0.152 e. The van der Waals surface area contributed by atoms with Gasteiger partial charge in [-0.1, -0.05) is 12.1 Å². The fraction of sp³-hybridized carbons (Fsp3) is 0.364. The minimum absolute atomic E-state index is 0.130. The summed E-state index contributed by atoms with van der Waals surface area (Å²) in [4.78, 5) is 4.19. The van der Waals surface area contributed by atoms with E-state index in [1.165, 1.54) is 12.1 Å². The minimum atomic E-state index is -2.88. The van der Waals surface area contributed by atoms with Crippen molar-refractivity contribution in [1.29, 1.82) is 0 Å². The Hall–Kier alpha value is -1.23. The van der Waals surface area contributed by atoms with Crippen LogP contribution < -0.4 is 0 Å². The van der Waals surface area contributed by atoms with E-state index in [9.17, 15) is 12.8 Å². The van der Waals surface area contributed by atoms with Crippen molar-refractivity contribution in [3.8, 4) is 0 Å². The number of rotatable bonds is 2. The van der Waals surface area contributed by atoms with E-state index in [2.05, 4.69) is 4.99 Å². The third-order valence-electron chi connectivity index (χ3n) is 2.51. The van der Waals surface area contributed by atoms with Gasteiger partial charge in [0, 0.05) is 6.21 Å². The summed E-state index contributed by atoms with van der Waals surface area (Å²) in [6.07, 6.45) is 2.19. The average Bonchev–Trinajstić information content (AvgIpc) is 2.58. The van der Waals surface area contributed by atoms with Crippen molar-refractivity contribution in [2.75, 3.05) is 11.5 Å². The number of nitrogens with zero attached hydrogens (tertiary/aromatic N) is 1. The van der Waals surface area contributed by atoms with E-state index in [0.717, 1.165) is 5.56 Å². The topological polar surface area (TPSA) is 46.5 Å². The molecule has 1 aromatic rings. The summed E-state index contributed by atoms with van der Waals surface area (Å²) in [5.74, 6) is 0.0592. The molecule has 5 heteroatoms. The Morgan fingerprint density at radius 2 is 2.00 bits per heavy atom. The Morgan fingerprint density at radius 1 is 1.31 bits per heavy atom. The molecule has 1 aromatic carbocycles. The van der Waals surface area contributed by atoms with Gasteiger partial charge in [-0.15, -0.1) is 0 Å². The summed E-state index contributed by atoms with van der Waals surface area (Å²) in [6.45, 7) is 0. The predicted molar refractivity (Wildman–Crippen MR) is 61.1 cm³/mol. The number of aliphatic imine (C=N–C) groups is 1. The highest BCUT2D eigenvalue weighted by atomic mass is 32.2. The van der Waals surface area contributed by atoms with E-state index < -0.39 is 9.84 Å². The molecule has 1 heterocycles. The van der Waals surface area contributed by atoms with Crippen LogP contribution in [0.5, 0.6) is 0 Å². The van der Waals surface area contributed by atoms with Gasteiger partial charge >= 0.3 is 0 Å². The molecule has 0 amide bonds. The maximum Gasteiger partial charge on any atom is 0.152 e. The van der Waals surface area contributed by atoms with Crippen LogP contribution in [0.1, 0.15) is 12.0 Å². The molecule has 0 radical (unpaired) electrons. The lowest BCUT2D eigenvalue weighted by Crippen LogP contribution is -2.07. The first-order valence-corrected chi connectivity index (χ1v) is 6.86. The summed E-state index contributed by atoms with van der Waals surface area (Å²) in [6, 6.07) is 5.79. The van der Waals surface area contributed by atoms with Gasteiger partial charge in [0.25, 0.3) is 0 Å². The van der Waals surface area contributed by atoms with Crippen LogP contribution in [0.25, 0.3) is 0 Å². The first kappa shape index (κ1) is 11.3. The van der Waals surface area contributed by atoms with Gasteiger partial charge in [-0.3, -0.25) is 4.99 Å². The van der Waals surface area contributed by atoms with Gasteiger partial charge < -0.3 is 0 Å². The van der Waals surface area contributed by atoms with E-state index in [-0.39, 0.29) is 23.4 Å². The highest BCUT2D eigenvalue weighted by Gasteiger charge is 2.26. The zero-order chi connectivity index (χ0) is 11.6. The molecule has 1 atom stereocenters. The van der Waals surface area contributed by atoms with Gasteiger partial charge in [-0.25, -0.2) is 12.8 Å². The molecule has 2 rings (SSSR count). The Bertz CT molecular complexity index is 493. The predicted octanol–water partition coefficient (Wildman–Crippen LogP) is 1.43. The molecule has 0 aromatic heterocycles. The lowest BCUT2D eigenvalue weighted by Gasteiger charge is -1.99. The van der Waals surface area contributed by atoms with Crippen LogP contribution >= 0.6 is 0 Å². The molecule has 0 N–H and O–H groups in total. The minimum Gasteiger partial charge on any atom is -0.288 e. The summed E-state index contributed by atoms with van der Waals surface area (Å²) in [5.41, 5.74) is 0.783. The van der Waals surface area contributed by atoms with E-state index in [1.54, 1.807) is 18.3 Å². The molecule has 1 fully saturated rings. The molecule has 1 saturated heterocycles. The van der Waals surface area contributed by atoms with Crippen molar-refractivity contribution < 1.29 is 12.8 Å². The number of hydrogen-bond donors (Lipinski definition) is 0. The van der Waals surface area contributed by atoms with Gasteiger partial charge in [0.2, 0.25) is 0 Å². The number of halogens is 1. The standard InChI is InChI=1S/C11H12FNO2S/c12-10-3-1-9(2-4-10)7-13-11-5-6-16(14,15)8-11/h1-4,7,11H,5-6,8H2/t11-/m0/s1. The SMILES string of the molecule is O=S1(=O)CC[C@H](N=Cc2ccc(F)cc2)C1. The molecule has 0 saturated carbocycles. The summed E-state index contributed by atoms with van der Waals surface area (Å²) in [7, 11) is -2.88. The van der Waals surface area contributed by atoms with Gasteiger partial charge in [0.1, 0.15) is 5.82 Å². The van der Waals surface area contributed by atoms with Crippen molar-refractivity contribution in [3.05, 3.63) is 35.6 Å². The van der Waals surface area contributed by atoms with Crippen molar-refractivity contribution in [2.24, 2.45) is 4.99 Å². The van der Waals surface area contributed by atoms with Crippen molar-refractivity contribution in [2.45, 2.75) is 12.5 Å². The average molecular weight is 241 g/mol. The zero-order valence-electron chi connectivity index (χ0n) is 8.64. The summed E-state index contributed by atoms with van der Waals surface area (Å²) >= 11 is 0. The van der Waals surface area contributed by atoms with Crippen LogP contribution in [0.15, 0.2) is 29.3 Å². The summed E-state index contributed by atoms with van der Waals surface area (Å²) < 4.78 is 35.0. The quantitative estimate of drug-likeness (QED) is 0.735. The lowest BCUT2D eigenvalue weighted by atomic mass is 10.2. The number of hydrogen-bond acceptors (Lipinski definition) is 3. The molecule has 0 bridgehead atoms. The lowest BCUT2D eigenvalue weighted by molar-refractivity contribution is 0.601. The Labute approximate surface area is 93.9 Å². The van der Waals surface area contributed by atoms with Gasteiger partial charge in [0.05, 0.1) is 17.5 Å². The largest absolute Gasteiger partial charge is 0.288 e. The first-order chi connectivity index (χ1) is 7.55. The zero-order valence-corrected chi connectivity index (χ0v) is 9.45. The fourth-order valence-electron chi connectivity index (χ4n) is 1.63. The van der Waals surface area contributed by atoms with E-state index >= 15 is 0 Å². The number of sulfone groups is 1. The first-order valence-electron chi connectivity index (χ1n) is 5.04. The highest BCUT2D eigenvalue weighted by Crippen LogP contribution is 2.14. The molecule has 1 aliphatic rings. The Balaban J connectivity index is 2.03. The van der Waals surface area contributed by atoms with Crippen LogP contribution in [-0.2, 0) is 9.84 Å². The molecule has 1 aliphatic heterocycles. The van der Waals surface area contributed by atoms with E-state index in [4.69, 9.17) is 0 Å². The third-order valence-corrected chi connectivity index (χ3v) is 4.26. The van der Waals surface area contributed by atoms with Gasteiger partial charge in [0.15, 0.2) is 9.84 Å². The molecule has 0 unspecified atom stereocenters. The monoisotopic (exact) mass is 241 g/mol. The Kier molecular flexibility index (Phi) is 3.05. The van der Waals surface area contributed by atoms with E-state index in [1.807, 2.05) is 0 Å². The van der Waals surface area contributed by atoms with E-state index in [0.29, 0.717) is 6.42 Å². The number of benzene rings is 1. The van der Waals surface area contributed by atoms with Crippen LogP contribution in [0, 0.1) is 5.82 Å². The highest BCUT2D eigenvalue weighted by molar-refractivity contribution is 7.91. The molecular weight excluding hydrogens is 229 g/mol. The van der Waals surface area contributed by atoms with Crippen molar-refractivity contribution >= 4 is 16.1 Å². The van der Waals surface area contributed by atoms with Crippen LogP contribution in [0.4, 0.5) is 4.39 Å². The van der Waals surface area contributed by atoms with Crippen molar-refractivity contribution in [1.82, 2.24) is 0 Å². The molecular formula is C11H12FNO2S. The normalized spacial score (nSPS) is 23.9. The molecule has 16 heavy (non-hydrogen) atoms. The van der Waals surface area contributed by atoms with Crippen LogP contribution in [0.3, 0.4) is 0 Å². The van der Waals surface area contributed by atoms with Crippen LogP contribution in [0.2, 0.25) is 0 Å². The molecule has 86 valence electrons. The van der Waals surface area contributed by atoms with Gasteiger partial charge in [-0.2, -0.15) is 0 Å². The second-order valence-electron chi connectivity index (χ2n) is 3.89. The summed E-state index contributed by atoms with van der Waals surface area (Å²) in [5, 5.41) is 0. The Morgan fingerprint density at radius 3 is 2.56 bits per heavy atom. The maximum atomic E-state index is 12.6. The second kappa shape index (κ2) is 4.33. The van der Waals surface area contributed by atoms with Crippen LogP contribution in [-0.4, -0.2) is 32.2 Å². The fourth-order valence-corrected chi connectivity index (χ4v) is 3.27. The molecule has 3 nitrogen and oxygen atoms in total. The van der Waals surface area contributed by atoms with Crippen molar-refractivity contribution in [3.63, 3.8) is 0 Å². The second-order valence-corrected chi connectivity index (χ2v) is 6.12. The van der Waals surface area contributed by atoms with Gasteiger partial charge in [-0.05, 0) is 24.1 Å². The third kappa shape index (κ3) is 2.88.